The molecule has 3 nitrogen and oxygen atoms in total. The summed E-state index contributed by atoms with van der Waals surface area (Å²) in [4.78, 5) is 0.143. The number of nitrogens with zero attached hydrogens (tertiary/aromatic N) is 1. The van der Waals surface area contributed by atoms with E-state index in [4.69, 9.17) is 23.2 Å². The van der Waals surface area contributed by atoms with Crippen molar-refractivity contribution in [2.24, 2.45) is 0 Å². The Hall–Kier alpha value is 0.190. The molecule has 0 radical (unpaired) electrons. The third kappa shape index (κ3) is 2.56. The lowest BCUT2D eigenvalue weighted by molar-refractivity contribution is 0.477. The van der Waals surface area contributed by atoms with Crippen molar-refractivity contribution in [1.82, 2.24) is 4.31 Å². The van der Waals surface area contributed by atoms with Crippen LogP contribution < -0.4 is 0 Å². The SMILES string of the molecule is O=S(=O)(c1ccc(Cl)c(CBr)c1Cl)N1CCCC1. The largest absolute Gasteiger partial charge is 0.244 e. The van der Waals surface area contributed by atoms with Crippen LogP contribution in [-0.2, 0) is 15.4 Å². The Labute approximate surface area is 125 Å². The van der Waals surface area contributed by atoms with E-state index in [0.29, 0.717) is 29.0 Å². The second kappa shape index (κ2) is 5.67. The molecule has 0 unspecified atom stereocenters. The number of rotatable bonds is 3. The van der Waals surface area contributed by atoms with Gasteiger partial charge in [-0.05, 0) is 25.0 Å². The molecule has 1 aromatic carbocycles. The first-order valence-corrected chi connectivity index (χ1v) is 8.83. The van der Waals surface area contributed by atoms with Gasteiger partial charge < -0.3 is 0 Å². The molecule has 0 bridgehead atoms. The summed E-state index contributed by atoms with van der Waals surface area (Å²) in [5, 5.41) is 1.11. The van der Waals surface area contributed by atoms with Crippen LogP contribution >= 0.6 is 39.1 Å². The van der Waals surface area contributed by atoms with Gasteiger partial charge in [0.25, 0.3) is 0 Å². The predicted molar refractivity (Wildman–Crippen MR) is 77.1 cm³/mol. The summed E-state index contributed by atoms with van der Waals surface area (Å²) in [5.41, 5.74) is 0.610. The number of halogens is 3. The van der Waals surface area contributed by atoms with E-state index >= 15 is 0 Å². The molecule has 1 aliphatic rings. The quantitative estimate of drug-likeness (QED) is 0.759. The molecule has 0 saturated carbocycles. The van der Waals surface area contributed by atoms with Gasteiger partial charge in [-0.25, -0.2) is 8.42 Å². The molecule has 7 heteroatoms. The summed E-state index contributed by atoms with van der Waals surface area (Å²) in [6.07, 6.45) is 1.80. The van der Waals surface area contributed by atoms with Crippen LogP contribution in [0.5, 0.6) is 0 Å². The zero-order valence-corrected chi connectivity index (χ0v) is 13.4. The molecule has 0 spiro atoms. The monoisotopic (exact) mass is 371 g/mol. The lowest BCUT2D eigenvalue weighted by Crippen LogP contribution is -2.28. The van der Waals surface area contributed by atoms with Gasteiger partial charge in [0.15, 0.2) is 0 Å². The standard InChI is InChI=1S/C11H12BrCl2NO2S/c12-7-8-9(13)3-4-10(11(8)14)18(16,17)15-5-1-2-6-15/h3-4H,1-2,5-7H2. The van der Waals surface area contributed by atoms with Crippen LogP contribution in [0.1, 0.15) is 18.4 Å². The van der Waals surface area contributed by atoms with Gasteiger partial charge in [-0.1, -0.05) is 39.1 Å². The Kier molecular flexibility index (Phi) is 4.60. The van der Waals surface area contributed by atoms with Crippen LogP contribution in [0.4, 0.5) is 0 Å². The first kappa shape index (κ1) is 14.6. The van der Waals surface area contributed by atoms with Crippen LogP contribution in [0.2, 0.25) is 10.0 Å². The molecule has 0 amide bonds. The van der Waals surface area contributed by atoms with Crippen LogP contribution in [0.15, 0.2) is 17.0 Å². The first-order chi connectivity index (χ1) is 8.48. The fourth-order valence-electron chi connectivity index (χ4n) is 1.97. The predicted octanol–water partition coefficient (Wildman–Crippen LogP) is 3.67. The average Bonchev–Trinajstić information content (AvgIpc) is 2.83. The molecule has 0 aliphatic carbocycles. The van der Waals surface area contributed by atoms with E-state index in [1.54, 1.807) is 6.07 Å². The van der Waals surface area contributed by atoms with E-state index < -0.39 is 10.0 Å². The number of alkyl halides is 1. The van der Waals surface area contributed by atoms with Crippen molar-refractivity contribution in [3.63, 3.8) is 0 Å². The Bertz CT molecular complexity index is 556. The highest BCUT2D eigenvalue weighted by atomic mass is 79.9. The van der Waals surface area contributed by atoms with E-state index in [1.807, 2.05) is 0 Å². The van der Waals surface area contributed by atoms with E-state index in [0.717, 1.165) is 12.8 Å². The summed E-state index contributed by atoms with van der Waals surface area (Å²) < 4.78 is 26.3. The molecule has 0 atom stereocenters. The molecule has 0 aromatic heterocycles. The van der Waals surface area contributed by atoms with Crippen molar-refractivity contribution in [2.45, 2.75) is 23.1 Å². The Balaban J connectivity index is 2.51. The number of sulfonamides is 1. The lowest BCUT2D eigenvalue weighted by atomic mass is 10.2. The van der Waals surface area contributed by atoms with Gasteiger partial charge in [-0.3, -0.25) is 0 Å². The molecular weight excluding hydrogens is 361 g/mol. The number of hydrogen-bond donors (Lipinski definition) is 0. The minimum atomic E-state index is -3.50. The highest BCUT2D eigenvalue weighted by Gasteiger charge is 2.30. The summed E-state index contributed by atoms with van der Waals surface area (Å²) in [6, 6.07) is 3.05. The molecule has 0 N–H and O–H groups in total. The number of benzene rings is 1. The van der Waals surface area contributed by atoms with Gasteiger partial charge in [0.2, 0.25) is 10.0 Å². The van der Waals surface area contributed by atoms with Crippen molar-refractivity contribution in [3.8, 4) is 0 Å². The zero-order valence-electron chi connectivity index (χ0n) is 9.50. The second-order valence-electron chi connectivity index (χ2n) is 4.08. The second-order valence-corrected chi connectivity index (χ2v) is 7.34. The third-order valence-corrected chi connectivity index (χ3v) is 6.37. The maximum absolute atomic E-state index is 12.4. The van der Waals surface area contributed by atoms with Crippen molar-refractivity contribution >= 4 is 49.2 Å². The minimum absolute atomic E-state index is 0.143. The molecule has 1 fully saturated rings. The molecular formula is C11H12BrCl2NO2S. The zero-order chi connectivity index (χ0) is 13.3. The molecule has 1 aliphatic heterocycles. The third-order valence-electron chi connectivity index (χ3n) is 2.97. The maximum Gasteiger partial charge on any atom is 0.244 e. The molecule has 1 aromatic rings. The van der Waals surface area contributed by atoms with Crippen LogP contribution in [-0.4, -0.2) is 25.8 Å². The smallest absolute Gasteiger partial charge is 0.207 e. The lowest BCUT2D eigenvalue weighted by Gasteiger charge is -2.17. The summed E-state index contributed by atoms with van der Waals surface area (Å²) in [6.45, 7) is 1.12. The van der Waals surface area contributed by atoms with Gasteiger partial charge >= 0.3 is 0 Å². The van der Waals surface area contributed by atoms with Crippen molar-refractivity contribution in [2.75, 3.05) is 13.1 Å². The van der Waals surface area contributed by atoms with Gasteiger partial charge in [0.1, 0.15) is 4.90 Å². The summed E-state index contributed by atoms with van der Waals surface area (Å²) >= 11 is 15.4. The Morgan fingerprint density at radius 1 is 1.22 bits per heavy atom. The molecule has 100 valence electrons. The van der Waals surface area contributed by atoms with Gasteiger partial charge in [0, 0.05) is 29.0 Å². The van der Waals surface area contributed by atoms with E-state index in [9.17, 15) is 8.42 Å². The topological polar surface area (TPSA) is 37.4 Å². The highest BCUT2D eigenvalue weighted by molar-refractivity contribution is 9.08. The molecule has 18 heavy (non-hydrogen) atoms. The van der Waals surface area contributed by atoms with Crippen LogP contribution in [0.3, 0.4) is 0 Å². The fraction of sp³-hybridized carbons (Fsp3) is 0.455. The van der Waals surface area contributed by atoms with E-state index in [2.05, 4.69) is 15.9 Å². The van der Waals surface area contributed by atoms with E-state index in [-0.39, 0.29) is 9.92 Å². The Morgan fingerprint density at radius 3 is 2.39 bits per heavy atom. The normalized spacial score (nSPS) is 17.3. The average molecular weight is 373 g/mol. The van der Waals surface area contributed by atoms with Gasteiger partial charge in [-0.2, -0.15) is 4.31 Å². The fourth-order valence-corrected chi connectivity index (χ4v) is 5.27. The molecule has 1 saturated heterocycles. The molecule has 1 heterocycles. The highest BCUT2D eigenvalue weighted by Crippen LogP contribution is 2.34. The van der Waals surface area contributed by atoms with Gasteiger partial charge in [-0.15, -0.1) is 0 Å². The minimum Gasteiger partial charge on any atom is -0.207 e. The number of hydrogen-bond acceptors (Lipinski definition) is 2. The summed E-state index contributed by atoms with van der Waals surface area (Å²) in [5.74, 6) is 0. The van der Waals surface area contributed by atoms with Crippen molar-refractivity contribution < 1.29 is 8.42 Å². The van der Waals surface area contributed by atoms with E-state index in [1.165, 1.54) is 10.4 Å². The summed E-state index contributed by atoms with van der Waals surface area (Å²) in [7, 11) is -3.50. The molecule has 2 rings (SSSR count). The van der Waals surface area contributed by atoms with Crippen molar-refractivity contribution in [1.29, 1.82) is 0 Å². The van der Waals surface area contributed by atoms with Crippen LogP contribution in [0, 0.1) is 0 Å². The van der Waals surface area contributed by atoms with Crippen LogP contribution in [0.25, 0.3) is 0 Å². The first-order valence-electron chi connectivity index (χ1n) is 5.51. The Morgan fingerprint density at radius 2 is 1.83 bits per heavy atom. The van der Waals surface area contributed by atoms with Gasteiger partial charge in [0.05, 0.1) is 5.02 Å². The maximum atomic E-state index is 12.4. The van der Waals surface area contributed by atoms with Crippen molar-refractivity contribution in [3.05, 3.63) is 27.7 Å².